The van der Waals surface area contributed by atoms with Crippen LogP contribution in [0.4, 0.5) is 0 Å². The summed E-state index contributed by atoms with van der Waals surface area (Å²) in [5, 5.41) is 26.2. The Morgan fingerprint density at radius 2 is 1.56 bits per heavy atom. The average molecular weight is 207 g/mol. The molecule has 0 unspecified atom stereocenters. The SMILES string of the molecule is N#CC(C#N)[C@H](C#N)/C=C\c1ccccc1. The van der Waals surface area contributed by atoms with Gasteiger partial charge in [0, 0.05) is 0 Å². The Morgan fingerprint density at radius 1 is 0.938 bits per heavy atom. The number of hydrogen-bond acceptors (Lipinski definition) is 3. The first-order chi connectivity index (χ1) is 7.81. The quantitative estimate of drug-likeness (QED) is 0.764. The predicted molar refractivity (Wildman–Crippen MR) is 59.3 cm³/mol. The van der Waals surface area contributed by atoms with E-state index in [9.17, 15) is 0 Å². The van der Waals surface area contributed by atoms with Crippen molar-refractivity contribution >= 4 is 6.08 Å². The number of hydrogen-bond donors (Lipinski definition) is 0. The van der Waals surface area contributed by atoms with Crippen molar-refractivity contribution in [2.75, 3.05) is 0 Å². The molecule has 0 amide bonds. The molecule has 1 rings (SSSR count). The monoisotopic (exact) mass is 207 g/mol. The summed E-state index contributed by atoms with van der Waals surface area (Å²) in [4.78, 5) is 0. The van der Waals surface area contributed by atoms with Crippen LogP contribution in [0.1, 0.15) is 5.56 Å². The number of nitriles is 3. The summed E-state index contributed by atoms with van der Waals surface area (Å²) in [7, 11) is 0. The van der Waals surface area contributed by atoms with Gasteiger partial charge in [-0.15, -0.1) is 0 Å². The second-order valence-corrected chi connectivity index (χ2v) is 3.16. The molecule has 1 aromatic carbocycles. The van der Waals surface area contributed by atoms with Crippen LogP contribution in [-0.4, -0.2) is 0 Å². The van der Waals surface area contributed by atoms with E-state index in [0.717, 1.165) is 5.56 Å². The van der Waals surface area contributed by atoms with Crippen LogP contribution in [0, 0.1) is 45.8 Å². The number of benzene rings is 1. The minimum atomic E-state index is -0.912. The van der Waals surface area contributed by atoms with Gasteiger partial charge in [-0.05, 0) is 5.56 Å². The Kier molecular flexibility index (Phi) is 4.33. The lowest BCUT2D eigenvalue weighted by Gasteiger charge is -2.01. The van der Waals surface area contributed by atoms with E-state index >= 15 is 0 Å². The number of nitrogens with zero attached hydrogens (tertiary/aromatic N) is 3. The first kappa shape index (κ1) is 11.5. The van der Waals surface area contributed by atoms with E-state index in [1.165, 1.54) is 0 Å². The molecule has 0 saturated carbocycles. The van der Waals surface area contributed by atoms with Gasteiger partial charge in [-0.25, -0.2) is 0 Å². The van der Waals surface area contributed by atoms with Crippen LogP contribution >= 0.6 is 0 Å². The summed E-state index contributed by atoms with van der Waals surface area (Å²) in [6.07, 6.45) is 3.34. The van der Waals surface area contributed by atoms with E-state index in [-0.39, 0.29) is 0 Å². The van der Waals surface area contributed by atoms with Gasteiger partial charge in [0.15, 0.2) is 5.92 Å². The second-order valence-electron chi connectivity index (χ2n) is 3.16. The molecule has 1 aromatic rings. The molecule has 0 aliphatic carbocycles. The molecule has 16 heavy (non-hydrogen) atoms. The lowest BCUT2D eigenvalue weighted by molar-refractivity contribution is 0.717. The maximum absolute atomic E-state index is 8.83. The van der Waals surface area contributed by atoms with E-state index in [2.05, 4.69) is 0 Å². The van der Waals surface area contributed by atoms with Gasteiger partial charge in [0.25, 0.3) is 0 Å². The summed E-state index contributed by atoms with van der Waals surface area (Å²) in [6.45, 7) is 0. The van der Waals surface area contributed by atoms with Crippen molar-refractivity contribution in [2.45, 2.75) is 0 Å². The zero-order chi connectivity index (χ0) is 11.8. The van der Waals surface area contributed by atoms with Gasteiger partial charge in [0.1, 0.15) is 0 Å². The predicted octanol–water partition coefficient (Wildman–Crippen LogP) is 2.50. The standard InChI is InChI=1S/C13H9N3/c14-8-12(13(9-15)10-16)7-6-11-4-2-1-3-5-11/h1-7,12-13H/b7-6-/t12-/m0/s1. The fourth-order valence-corrected chi connectivity index (χ4v) is 1.20. The third kappa shape index (κ3) is 2.98. The second kappa shape index (κ2) is 6.02. The largest absolute Gasteiger partial charge is 0.198 e. The average Bonchev–Trinajstić information content (AvgIpc) is 2.35. The van der Waals surface area contributed by atoms with Crippen molar-refractivity contribution in [3.63, 3.8) is 0 Å². The van der Waals surface area contributed by atoms with Crippen LogP contribution in [0.3, 0.4) is 0 Å². The molecule has 76 valence electrons. The third-order valence-electron chi connectivity index (χ3n) is 2.08. The highest BCUT2D eigenvalue weighted by Crippen LogP contribution is 2.13. The van der Waals surface area contributed by atoms with Gasteiger partial charge in [0.2, 0.25) is 0 Å². The first-order valence-electron chi connectivity index (χ1n) is 4.74. The van der Waals surface area contributed by atoms with Crippen LogP contribution in [0.25, 0.3) is 6.08 Å². The lowest BCUT2D eigenvalue weighted by Crippen LogP contribution is -2.05. The van der Waals surface area contributed by atoms with Crippen LogP contribution in [0.2, 0.25) is 0 Å². The lowest BCUT2D eigenvalue weighted by atomic mass is 9.95. The third-order valence-corrected chi connectivity index (χ3v) is 2.08. The van der Waals surface area contributed by atoms with Crippen LogP contribution in [0.5, 0.6) is 0 Å². The molecular weight excluding hydrogens is 198 g/mol. The highest BCUT2D eigenvalue weighted by molar-refractivity contribution is 5.50. The van der Waals surface area contributed by atoms with Gasteiger partial charge in [-0.3, -0.25) is 0 Å². The first-order valence-corrected chi connectivity index (χ1v) is 4.74. The summed E-state index contributed by atoms with van der Waals surface area (Å²) in [5.74, 6) is -1.60. The molecule has 3 nitrogen and oxygen atoms in total. The summed E-state index contributed by atoms with van der Waals surface area (Å²) < 4.78 is 0. The minimum Gasteiger partial charge on any atom is -0.198 e. The van der Waals surface area contributed by atoms with Gasteiger partial charge >= 0.3 is 0 Å². The smallest absolute Gasteiger partial charge is 0.152 e. The Labute approximate surface area is 94.5 Å². The van der Waals surface area contributed by atoms with E-state index < -0.39 is 11.8 Å². The van der Waals surface area contributed by atoms with Crippen molar-refractivity contribution in [3.05, 3.63) is 42.0 Å². The van der Waals surface area contributed by atoms with E-state index in [0.29, 0.717) is 0 Å². The molecule has 0 aliphatic heterocycles. The van der Waals surface area contributed by atoms with Crippen molar-refractivity contribution in [2.24, 2.45) is 11.8 Å². The van der Waals surface area contributed by atoms with Gasteiger partial charge in [-0.1, -0.05) is 42.5 Å². The van der Waals surface area contributed by atoms with Crippen LogP contribution in [0.15, 0.2) is 36.4 Å². The van der Waals surface area contributed by atoms with Gasteiger partial charge in [0.05, 0.1) is 24.1 Å². The van der Waals surface area contributed by atoms with Gasteiger partial charge in [-0.2, -0.15) is 15.8 Å². The molecule has 0 fully saturated rings. The molecular formula is C13H9N3. The van der Waals surface area contributed by atoms with Gasteiger partial charge < -0.3 is 0 Å². The topological polar surface area (TPSA) is 71.4 Å². The summed E-state index contributed by atoms with van der Waals surface area (Å²) in [5.41, 5.74) is 0.942. The maximum Gasteiger partial charge on any atom is 0.152 e. The van der Waals surface area contributed by atoms with Crippen LogP contribution < -0.4 is 0 Å². The molecule has 0 N–H and O–H groups in total. The molecule has 0 radical (unpaired) electrons. The molecule has 1 atom stereocenters. The molecule has 0 spiro atoms. The van der Waals surface area contributed by atoms with Crippen LogP contribution in [-0.2, 0) is 0 Å². The molecule has 0 heterocycles. The molecule has 0 bridgehead atoms. The van der Waals surface area contributed by atoms with Crippen molar-refractivity contribution in [1.29, 1.82) is 15.8 Å². The van der Waals surface area contributed by atoms with E-state index in [1.54, 1.807) is 24.3 Å². The zero-order valence-electron chi connectivity index (χ0n) is 8.54. The molecule has 3 heteroatoms. The molecule has 0 aromatic heterocycles. The zero-order valence-corrected chi connectivity index (χ0v) is 8.54. The normalized spacial score (nSPS) is 11.6. The fourth-order valence-electron chi connectivity index (χ4n) is 1.20. The minimum absolute atomic E-state index is 0.685. The van der Waals surface area contributed by atoms with E-state index in [1.807, 2.05) is 36.4 Å². The molecule has 0 aliphatic rings. The molecule has 0 saturated heterocycles. The number of allylic oxidation sites excluding steroid dienone is 1. The van der Waals surface area contributed by atoms with Crippen molar-refractivity contribution in [3.8, 4) is 18.2 Å². The number of rotatable bonds is 3. The Bertz CT molecular complexity index is 469. The summed E-state index contributed by atoms with van der Waals surface area (Å²) >= 11 is 0. The van der Waals surface area contributed by atoms with Crippen molar-refractivity contribution < 1.29 is 0 Å². The highest BCUT2D eigenvalue weighted by atomic mass is 14.4. The maximum atomic E-state index is 8.83. The van der Waals surface area contributed by atoms with E-state index in [4.69, 9.17) is 15.8 Å². The Morgan fingerprint density at radius 3 is 2.06 bits per heavy atom. The Hall–Kier alpha value is -2.57. The highest BCUT2D eigenvalue weighted by Gasteiger charge is 2.17. The summed E-state index contributed by atoms with van der Waals surface area (Å²) in [6, 6.07) is 15.0. The van der Waals surface area contributed by atoms with Crippen molar-refractivity contribution in [1.82, 2.24) is 0 Å². The fraction of sp³-hybridized carbons (Fsp3) is 0.154. The Balaban J connectivity index is 2.81.